The van der Waals surface area contributed by atoms with E-state index < -0.39 is 0 Å². The predicted octanol–water partition coefficient (Wildman–Crippen LogP) is 3.02. The lowest BCUT2D eigenvalue weighted by molar-refractivity contribution is -0.118. The van der Waals surface area contributed by atoms with E-state index in [4.69, 9.17) is 9.47 Å². The van der Waals surface area contributed by atoms with Crippen molar-refractivity contribution in [3.63, 3.8) is 0 Å². The van der Waals surface area contributed by atoms with Gasteiger partial charge in [0.2, 0.25) is 0 Å². The van der Waals surface area contributed by atoms with E-state index in [0.717, 1.165) is 0 Å². The molecule has 0 unspecified atom stereocenters. The normalized spacial score (nSPS) is 10.4. The van der Waals surface area contributed by atoms with Gasteiger partial charge >= 0.3 is 0 Å². The van der Waals surface area contributed by atoms with E-state index >= 15 is 0 Å². The molecule has 0 saturated carbocycles. The molecule has 1 N–H and O–H groups in total. The van der Waals surface area contributed by atoms with Gasteiger partial charge in [-0.2, -0.15) is 5.10 Å². The first kappa shape index (κ1) is 16.1. The number of aromatic nitrogens is 2. The van der Waals surface area contributed by atoms with Crippen LogP contribution in [0.15, 0.2) is 54.0 Å². The first-order chi connectivity index (χ1) is 11.8. The van der Waals surface area contributed by atoms with Gasteiger partial charge in [0.15, 0.2) is 18.1 Å². The van der Waals surface area contributed by atoms with Gasteiger partial charge in [0, 0.05) is 10.9 Å². The zero-order valence-electron chi connectivity index (χ0n) is 13.1. The molecule has 0 aliphatic carbocycles. The van der Waals surface area contributed by atoms with Crippen LogP contribution in [0.4, 0.5) is 5.82 Å². The SMILES string of the molecule is COc1ccccc1OCC(=O)Nc1ccnn1Cc1cccs1. The highest BCUT2D eigenvalue weighted by molar-refractivity contribution is 7.09. The predicted molar refractivity (Wildman–Crippen MR) is 92.8 cm³/mol. The number of hydrogen-bond acceptors (Lipinski definition) is 5. The van der Waals surface area contributed by atoms with Gasteiger partial charge in [0.05, 0.1) is 19.9 Å². The molecule has 0 saturated heterocycles. The van der Waals surface area contributed by atoms with Gasteiger partial charge in [0.25, 0.3) is 5.91 Å². The summed E-state index contributed by atoms with van der Waals surface area (Å²) in [6, 6.07) is 13.0. The fraction of sp³-hybridized carbons (Fsp3) is 0.176. The second-order valence-electron chi connectivity index (χ2n) is 4.94. The van der Waals surface area contributed by atoms with E-state index in [2.05, 4.69) is 10.4 Å². The third-order valence-electron chi connectivity index (χ3n) is 3.30. The van der Waals surface area contributed by atoms with E-state index in [1.165, 1.54) is 4.88 Å². The van der Waals surface area contributed by atoms with Gasteiger partial charge in [-0.15, -0.1) is 11.3 Å². The van der Waals surface area contributed by atoms with Crippen molar-refractivity contribution in [3.05, 3.63) is 58.9 Å². The summed E-state index contributed by atoms with van der Waals surface area (Å²) in [6.45, 7) is 0.512. The van der Waals surface area contributed by atoms with Crippen molar-refractivity contribution in [1.82, 2.24) is 9.78 Å². The average molecular weight is 343 g/mol. The Morgan fingerprint density at radius 2 is 2.04 bits per heavy atom. The molecule has 3 rings (SSSR count). The van der Waals surface area contributed by atoms with Crippen molar-refractivity contribution in [1.29, 1.82) is 0 Å². The lowest BCUT2D eigenvalue weighted by Crippen LogP contribution is -2.22. The van der Waals surface area contributed by atoms with Gasteiger partial charge in [-0.3, -0.25) is 4.79 Å². The molecule has 0 fully saturated rings. The number of rotatable bonds is 7. The molecule has 0 atom stereocenters. The molecule has 6 nitrogen and oxygen atoms in total. The third-order valence-corrected chi connectivity index (χ3v) is 4.16. The molecule has 2 heterocycles. The van der Waals surface area contributed by atoms with Crippen molar-refractivity contribution in [3.8, 4) is 11.5 Å². The van der Waals surface area contributed by atoms with Crippen LogP contribution in [0.2, 0.25) is 0 Å². The van der Waals surface area contributed by atoms with Crippen molar-refractivity contribution in [2.24, 2.45) is 0 Å². The van der Waals surface area contributed by atoms with Gasteiger partial charge < -0.3 is 14.8 Å². The standard InChI is InChI=1S/C17H17N3O3S/c1-22-14-6-2-3-7-15(14)23-12-17(21)19-16-8-9-18-20(16)11-13-5-4-10-24-13/h2-10H,11-12H2,1H3,(H,19,21). The highest BCUT2D eigenvalue weighted by Crippen LogP contribution is 2.25. The minimum Gasteiger partial charge on any atom is -0.493 e. The summed E-state index contributed by atoms with van der Waals surface area (Å²) in [6.07, 6.45) is 1.66. The summed E-state index contributed by atoms with van der Waals surface area (Å²) in [4.78, 5) is 13.3. The van der Waals surface area contributed by atoms with Crippen molar-refractivity contribution < 1.29 is 14.3 Å². The van der Waals surface area contributed by atoms with Crippen LogP contribution < -0.4 is 14.8 Å². The number of amides is 1. The molecular weight excluding hydrogens is 326 g/mol. The minimum atomic E-state index is -0.256. The molecule has 0 radical (unpaired) electrons. The van der Waals surface area contributed by atoms with E-state index in [1.807, 2.05) is 29.6 Å². The van der Waals surface area contributed by atoms with Crippen molar-refractivity contribution >= 4 is 23.1 Å². The molecular formula is C17H17N3O3S. The van der Waals surface area contributed by atoms with Gasteiger partial charge in [0.1, 0.15) is 5.82 Å². The summed E-state index contributed by atoms with van der Waals surface area (Å²) in [5.41, 5.74) is 0. The lowest BCUT2D eigenvalue weighted by atomic mass is 10.3. The van der Waals surface area contributed by atoms with Gasteiger partial charge in [-0.25, -0.2) is 4.68 Å². The number of nitrogens with one attached hydrogen (secondary N) is 1. The largest absolute Gasteiger partial charge is 0.493 e. The first-order valence-electron chi connectivity index (χ1n) is 7.36. The Morgan fingerprint density at radius 3 is 2.79 bits per heavy atom. The number of methoxy groups -OCH3 is 1. The molecule has 124 valence electrons. The van der Waals surface area contributed by atoms with Crippen LogP contribution in [0.3, 0.4) is 0 Å². The second kappa shape index (κ2) is 7.65. The Morgan fingerprint density at radius 1 is 1.21 bits per heavy atom. The quantitative estimate of drug-likeness (QED) is 0.716. The van der Waals surface area contributed by atoms with Crippen LogP contribution in [0.25, 0.3) is 0 Å². The first-order valence-corrected chi connectivity index (χ1v) is 8.24. The topological polar surface area (TPSA) is 65.4 Å². The number of benzene rings is 1. The summed E-state index contributed by atoms with van der Waals surface area (Å²) in [5, 5.41) is 9.06. The summed E-state index contributed by atoms with van der Waals surface area (Å²) in [5.74, 6) is 1.50. The molecule has 7 heteroatoms. The molecule has 0 aliphatic rings. The molecule has 1 aromatic carbocycles. The Kier molecular flexibility index (Phi) is 5.12. The van der Waals surface area contributed by atoms with Crippen LogP contribution in [0.1, 0.15) is 4.88 Å². The maximum absolute atomic E-state index is 12.1. The van der Waals surface area contributed by atoms with Crippen LogP contribution in [0.5, 0.6) is 11.5 Å². The zero-order chi connectivity index (χ0) is 16.8. The average Bonchev–Trinajstić information content (AvgIpc) is 3.26. The lowest BCUT2D eigenvalue weighted by Gasteiger charge is -2.11. The highest BCUT2D eigenvalue weighted by Gasteiger charge is 2.10. The molecule has 0 bridgehead atoms. The van der Waals surface area contributed by atoms with Crippen LogP contribution in [0, 0.1) is 0 Å². The Labute approximate surface area is 143 Å². The van der Waals surface area contributed by atoms with Gasteiger partial charge in [-0.05, 0) is 23.6 Å². The number of hydrogen-bond donors (Lipinski definition) is 1. The molecule has 3 aromatic rings. The number of anilines is 1. The Balaban J connectivity index is 1.58. The maximum Gasteiger partial charge on any atom is 0.263 e. The molecule has 1 amide bonds. The van der Waals surface area contributed by atoms with E-state index in [9.17, 15) is 4.79 Å². The zero-order valence-corrected chi connectivity index (χ0v) is 14.0. The monoisotopic (exact) mass is 343 g/mol. The number of para-hydroxylation sites is 2. The van der Waals surface area contributed by atoms with E-state index in [1.54, 1.807) is 47.5 Å². The minimum absolute atomic E-state index is 0.107. The smallest absolute Gasteiger partial charge is 0.263 e. The molecule has 0 spiro atoms. The summed E-state index contributed by atoms with van der Waals surface area (Å²) < 4.78 is 12.5. The Bertz CT molecular complexity index is 799. The van der Waals surface area contributed by atoms with Crippen LogP contribution >= 0.6 is 11.3 Å². The number of ether oxygens (including phenoxy) is 2. The summed E-state index contributed by atoms with van der Waals surface area (Å²) in [7, 11) is 1.56. The highest BCUT2D eigenvalue weighted by atomic mass is 32.1. The van der Waals surface area contributed by atoms with E-state index in [0.29, 0.717) is 23.9 Å². The fourth-order valence-electron chi connectivity index (χ4n) is 2.18. The molecule has 24 heavy (non-hydrogen) atoms. The van der Waals surface area contributed by atoms with E-state index in [-0.39, 0.29) is 12.5 Å². The van der Waals surface area contributed by atoms with Crippen LogP contribution in [-0.2, 0) is 11.3 Å². The number of carbonyl (C=O) groups excluding carboxylic acids is 1. The number of nitrogens with zero attached hydrogens (tertiary/aromatic N) is 2. The maximum atomic E-state index is 12.1. The second-order valence-corrected chi connectivity index (χ2v) is 5.97. The van der Waals surface area contributed by atoms with Crippen LogP contribution in [-0.4, -0.2) is 29.4 Å². The fourth-order valence-corrected chi connectivity index (χ4v) is 2.86. The molecule has 2 aromatic heterocycles. The Hall–Kier alpha value is -2.80. The number of thiophene rings is 1. The third kappa shape index (κ3) is 3.94. The summed E-state index contributed by atoms with van der Waals surface area (Å²) >= 11 is 1.65. The van der Waals surface area contributed by atoms with Crippen molar-refractivity contribution in [2.45, 2.75) is 6.54 Å². The van der Waals surface area contributed by atoms with Gasteiger partial charge in [-0.1, -0.05) is 18.2 Å². The number of carbonyl (C=O) groups is 1. The van der Waals surface area contributed by atoms with Crippen molar-refractivity contribution in [2.75, 3.05) is 19.0 Å². The molecule has 0 aliphatic heterocycles.